The molecule has 2 N–H and O–H groups in total. The number of carbonyl (C=O) groups is 1. The zero-order chi connectivity index (χ0) is 16.6. The third-order valence-corrected chi connectivity index (χ3v) is 7.95. The molecule has 0 aromatic carbocycles. The van der Waals surface area contributed by atoms with Crippen LogP contribution in [0.4, 0.5) is 4.39 Å². The highest BCUT2D eigenvalue weighted by atomic mass is 28.3. The van der Waals surface area contributed by atoms with Crippen LogP contribution in [0.3, 0.4) is 0 Å². The zero-order valence-corrected chi connectivity index (χ0v) is 14.7. The van der Waals surface area contributed by atoms with Crippen LogP contribution in [0.1, 0.15) is 23.3 Å². The fourth-order valence-electron chi connectivity index (χ4n) is 3.14. The summed E-state index contributed by atoms with van der Waals surface area (Å²) in [4.78, 5) is 19.1. The van der Waals surface area contributed by atoms with Crippen molar-refractivity contribution in [3.63, 3.8) is 0 Å². The van der Waals surface area contributed by atoms with Crippen LogP contribution in [-0.4, -0.2) is 37.1 Å². The lowest BCUT2D eigenvalue weighted by molar-refractivity contribution is 0.0929. The highest BCUT2D eigenvalue weighted by Crippen LogP contribution is 2.29. The van der Waals surface area contributed by atoms with E-state index < -0.39 is 14.0 Å². The van der Waals surface area contributed by atoms with Crippen molar-refractivity contribution in [2.75, 3.05) is 7.11 Å². The van der Waals surface area contributed by atoms with Gasteiger partial charge in [0.25, 0.3) is 5.91 Å². The van der Waals surface area contributed by atoms with E-state index in [0.717, 1.165) is 12.8 Å². The summed E-state index contributed by atoms with van der Waals surface area (Å²) in [6.45, 7) is 4.80. The fraction of sp³-hybridized carbons (Fsp3) is 0.500. The first-order valence-electron chi connectivity index (χ1n) is 7.92. The lowest BCUT2D eigenvalue weighted by Crippen LogP contribution is -2.42. The zero-order valence-electron chi connectivity index (χ0n) is 13.7. The Morgan fingerprint density at radius 3 is 2.74 bits per heavy atom. The monoisotopic (exact) mass is 335 g/mol. The molecule has 0 spiro atoms. The van der Waals surface area contributed by atoms with E-state index in [1.165, 1.54) is 25.3 Å². The van der Waals surface area contributed by atoms with Gasteiger partial charge in [-0.3, -0.25) is 4.79 Å². The van der Waals surface area contributed by atoms with Gasteiger partial charge in [-0.1, -0.05) is 25.2 Å². The number of hydrogen-bond donors (Lipinski definition) is 2. The van der Waals surface area contributed by atoms with Crippen LogP contribution in [0, 0.1) is 5.95 Å². The molecular formula is C16H22FN3O2Si. The Bertz CT molecular complexity index is 734. The first-order valence-corrected chi connectivity index (χ1v) is 11.3. The van der Waals surface area contributed by atoms with Crippen molar-refractivity contribution in [3.8, 4) is 5.75 Å². The number of amides is 1. The number of nitrogens with one attached hydrogen (secondary N) is 2. The van der Waals surface area contributed by atoms with Crippen LogP contribution in [0.25, 0.3) is 11.0 Å². The number of H-pyrrole nitrogens is 1. The van der Waals surface area contributed by atoms with Crippen LogP contribution >= 0.6 is 0 Å². The molecule has 124 valence electrons. The van der Waals surface area contributed by atoms with Crippen LogP contribution in [0.2, 0.25) is 25.2 Å². The Labute approximate surface area is 135 Å². The summed E-state index contributed by atoms with van der Waals surface area (Å²) in [6.07, 6.45) is 2.09. The van der Waals surface area contributed by atoms with Gasteiger partial charge in [-0.05, 0) is 18.9 Å². The first-order chi connectivity index (χ1) is 10.9. The predicted octanol–water partition coefficient (Wildman–Crippen LogP) is 3.31. The molecular weight excluding hydrogens is 313 g/mol. The molecule has 0 bridgehead atoms. The van der Waals surface area contributed by atoms with E-state index >= 15 is 0 Å². The summed E-state index contributed by atoms with van der Waals surface area (Å²) in [5.74, 6) is -0.437. The summed E-state index contributed by atoms with van der Waals surface area (Å²) in [6, 6.07) is 5.58. The van der Waals surface area contributed by atoms with Gasteiger partial charge in [-0.2, -0.15) is 4.39 Å². The number of halogens is 1. The Morgan fingerprint density at radius 1 is 1.39 bits per heavy atom. The van der Waals surface area contributed by atoms with E-state index in [-0.39, 0.29) is 11.9 Å². The van der Waals surface area contributed by atoms with Gasteiger partial charge in [0, 0.05) is 20.2 Å². The molecule has 0 saturated carbocycles. The van der Waals surface area contributed by atoms with Crippen LogP contribution in [0.5, 0.6) is 5.75 Å². The van der Waals surface area contributed by atoms with Crippen molar-refractivity contribution in [3.05, 3.63) is 23.8 Å². The van der Waals surface area contributed by atoms with E-state index in [1.807, 2.05) is 0 Å². The number of pyridine rings is 1. The number of methoxy groups -OCH3 is 1. The lowest BCUT2D eigenvalue weighted by Gasteiger charge is -2.33. The van der Waals surface area contributed by atoms with Gasteiger partial charge < -0.3 is 15.0 Å². The van der Waals surface area contributed by atoms with Crippen LogP contribution < -0.4 is 10.1 Å². The molecule has 7 heteroatoms. The van der Waals surface area contributed by atoms with Crippen molar-refractivity contribution in [1.82, 2.24) is 15.3 Å². The summed E-state index contributed by atoms with van der Waals surface area (Å²) < 4.78 is 18.6. The Balaban J connectivity index is 1.76. The van der Waals surface area contributed by atoms with E-state index in [0.29, 0.717) is 22.5 Å². The molecule has 1 aliphatic heterocycles. The van der Waals surface area contributed by atoms with Gasteiger partial charge in [0.2, 0.25) is 5.95 Å². The molecule has 3 rings (SSSR count). The molecule has 5 nitrogen and oxygen atoms in total. The van der Waals surface area contributed by atoms with Gasteiger partial charge in [-0.15, -0.1) is 0 Å². The van der Waals surface area contributed by atoms with E-state index in [9.17, 15) is 9.18 Å². The molecule has 1 amide bonds. The molecule has 1 saturated heterocycles. The average molecular weight is 335 g/mol. The van der Waals surface area contributed by atoms with Crippen molar-refractivity contribution in [1.29, 1.82) is 0 Å². The number of aromatic amines is 1. The second-order valence-electron chi connectivity index (χ2n) is 7.00. The maximum absolute atomic E-state index is 13.4. The summed E-state index contributed by atoms with van der Waals surface area (Å²) in [7, 11) is 0.432. The van der Waals surface area contributed by atoms with Gasteiger partial charge in [0.05, 0.1) is 12.5 Å². The molecule has 1 aliphatic rings. The van der Waals surface area contributed by atoms with Crippen LogP contribution in [0.15, 0.2) is 12.1 Å². The first kappa shape index (κ1) is 16.0. The molecule has 2 aromatic rings. The van der Waals surface area contributed by atoms with Crippen molar-refractivity contribution in [2.45, 2.75) is 44.1 Å². The third kappa shape index (κ3) is 3.39. The highest BCUT2D eigenvalue weighted by molar-refractivity contribution is 6.77. The molecule has 3 heterocycles. The maximum atomic E-state index is 13.4. The topological polar surface area (TPSA) is 67.0 Å². The fourth-order valence-corrected chi connectivity index (χ4v) is 5.65. The standard InChI is InChI=1S/C16H22FN3O2Si/c1-22-13-9-14(17)20-15-11(13)8-12(19-15)16(21)18-10-4-6-23(2,3)7-5-10/h8-10H,4-7H2,1-3H3,(H,18,21)(H,19,20). The number of aromatic nitrogens is 2. The Morgan fingerprint density at radius 2 is 2.09 bits per heavy atom. The second kappa shape index (κ2) is 5.96. The highest BCUT2D eigenvalue weighted by Gasteiger charge is 2.29. The molecule has 0 aliphatic carbocycles. The number of hydrogen-bond acceptors (Lipinski definition) is 3. The second-order valence-corrected chi connectivity index (χ2v) is 12.3. The number of nitrogens with zero attached hydrogens (tertiary/aromatic N) is 1. The maximum Gasteiger partial charge on any atom is 0.267 e. The smallest absolute Gasteiger partial charge is 0.267 e. The van der Waals surface area contributed by atoms with Crippen molar-refractivity contribution < 1.29 is 13.9 Å². The molecule has 2 aromatic heterocycles. The Kier molecular flexibility index (Phi) is 4.14. The molecule has 0 radical (unpaired) electrons. The average Bonchev–Trinajstić information content (AvgIpc) is 2.92. The summed E-state index contributed by atoms with van der Waals surface area (Å²) in [5.41, 5.74) is 0.711. The van der Waals surface area contributed by atoms with E-state index in [4.69, 9.17) is 4.74 Å². The minimum absolute atomic E-state index is 0.170. The lowest BCUT2D eigenvalue weighted by atomic mass is 10.1. The van der Waals surface area contributed by atoms with Crippen LogP contribution in [-0.2, 0) is 0 Å². The number of rotatable bonds is 3. The normalized spacial score (nSPS) is 18.1. The van der Waals surface area contributed by atoms with Gasteiger partial charge in [0.15, 0.2) is 0 Å². The van der Waals surface area contributed by atoms with E-state index in [2.05, 4.69) is 28.4 Å². The third-order valence-electron chi connectivity index (χ3n) is 4.67. The summed E-state index contributed by atoms with van der Waals surface area (Å²) >= 11 is 0. The molecule has 1 fully saturated rings. The summed E-state index contributed by atoms with van der Waals surface area (Å²) in [5, 5.41) is 3.68. The minimum atomic E-state index is -1.04. The number of fused-ring (bicyclic) bond motifs is 1. The van der Waals surface area contributed by atoms with E-state index in [1.54, 1.807) is 6.07 Å². The van der Waals surface area contributed by atoms with Crippen molar-refractivity contribution >= 4 is 25.0 Å². The quantitative estimate of drug-likeness (QED) is 0.668. The SMILES string of the molecule is COc1cc(F)nc2[nH]c(C(=O)NC3CC[Si](C)(C)CC3)cc12. The molecule has 0 atom stereocenters. The minimum Gasteiger partial charge on any atom is -0.496 e. The number of ether oxygens (including phenoxy) is 1. The largest absolute Gasteiger partial charge is 0.496 e. The van der Waals surface area contributed by atoms with Crippen molar-refractivity contribution in [2.24, 2.45) is 0 Å². The number of carbonyl (C=O) groups excluding carboxylic acids is 1. The molecule has 23 heavy (non-hydrogen) atoms. The van der Waals surface area contributed by atoms with Gasteiger partial charge in [0.1, 0.15) is 17.1 Å². The Hall–Kier alpha value is -1.89. The van der Waals surface area contributed by atoms with Gasteiger partial charge in [-0.25, -0.2) is 4.98 Å². The predicted molar refractivity (Wildman–Crippen MR) is 90.2 cm³/mol. The van der Waals surface area contributed by atoms with Gasteiger partial charge >= 0.3 is 0 Å². The molecule has 0 unspecified atom stereocenters.